The summed E-state index contributed by atoms with van der Waals surface area (Å²) in [6.07, 6.45) is 4.41. The fraction of sp³-hybridized carbons (Fsp3) is 0.438. The first-order valence-corrected chi connectivity index (χ1v) is 8.82. The highest BCUT2D eigenvalue weighted by molar-refractivity contribution is 7.13. The molecule has 1 aliphatic rings. The van der Waals surface area contributed by atoms with Gasteiger partial charge >= 0.3 is 0 Å². The van der Waals surface area contributed by atoms with Crippen molar-refractivity contribution < 1.29 is 9.59 Å². The number of carbonyl (C=O) groups excluding carboxylic acids is 2. The Labute approximate surface area is 144 Å². The van der Waals surface area contributed by atoms with E-state index in [0.717, 1.165) is 10.7 Å². The lowest BCUT2D eigenvalue weighted by Crippen LogP contribution is -2.45. The minimum absolute atomic E-state index is 0.0218. The maximum atomic E-state index is 12.3. The highest BCUT2D eigenvalue weighted by atomic mass is 32.1. The number of amides is 2. The van der Waals surface area contributed by atoms with Crippen molar-refractivity contribution in [2.24, 2.45) is 5.92 Å². The SMILES string of the molecule is CCN1C[C@@H](C(=O)NCc2csc(-c3ncccn3)n2)CCC1=O. The molecule has 2 aromatic rings. The summed E-state index contributed by atoms with van der Waals surface area (Å²) in [5.41, 5.74) is 0.787. The highest BCUT2D eigenvalue weighted by Crippen LogP contribution is 2.20. The molecule has 1 atom stereocenters. The van der Waals surface area contributed by atoms with Crippen LogP contribution in [0.5, 0.6) is 0 Å². The van der Waals surface area contributed by atoms with Gasteiger partial charge in [0.05, 0.1) is 18.2 Å². The Kier molecular flexibility index (Phi) is 5.14. The third kappa shape index (κ3) is 3.76. The van der Waals surface area contributed by atoms with Gasteiger partial charge in [-0.3, -0.25) is 9.59 Å². The van der Waals surface area contributed by atoms with Gasteiger partial charge in [0.15, 0.2) is 10.8 Å². The lowest BCUT2D eigenvalue weighted by atomic mass is 9.96. The van der Waals surface area contributed by atoms with E-state index in [2.05, 4.69) is 20.3 Å². The van der Waals surface area contributed by atoms with Gasteiger partial charge in [0.25, 0.3) is 0 Å². The number of hydrogen-bond acceptors (Lipinski definition) is 6. The maximum absolute atomic E-state index is 12.3. The van der Waals surface area contributed by atoms with E-state index in [1.165, 1.54) is 11.3 Å². The number of rotatable bonds is 5. The summed E-state index contributed by atoms with van der Waals surface area (Å²) in [6, 6.07) is 1.76. The zero-order valence-electron chi connectivity index (χ0n) is 13.4. The summed E-state index contributed by atoms with van der Waals surface area (Å²) in [6.45, 7) is 3.45. The van der Waals surface area contributed by atoms with Gasteiger partial charge in [-0.25, -0.2) is 15.0 Å². The average molecular weight is 345 g/mol. The molecule has 3 heterocycles. The summed E-state index contributed by atoms with van der Waals surface area (Å²) in [7, 11) is 0. The average Bonchev–Trinajstić information content (AvgIpc) is 3.10. The fourth-order valence-corrected chi connectivity index (χ4v) is 3.42. The topological polar surface area (TPSA) is 88.1 Å². The number of nitrogens with zero attached hydrogens (tertiary/aromatic N) is 4. The lowest BCUT2D eigenvalue weighted by molar-refractivity contribution is -0.138. The standard InChI is InChI=1S/C16H19N5O2S/c1-2-21-9-11(4-5-13(21)22)15(23)19-8-12-10-24-16(20-12)14-17-6-3-7-18-14/h3,6-7,10-11H,2,4-5,8-9H2,1H3,(H,19,23)/t11-/m0/s1. The second-order valence-electron chi connectivity index (χ2n) is 5.60. The summed E-state index contributed by atoms with van der Waals surface area (Å²) < 4.78 is 0. The number of thiazole rings is 1. The second-order valence-corrected chi connectivity index (χ2v) is 6.46. The molecule has 0 aliphatic carbocycles. The van der Waals surface area contributed by atoms with Crippen molar-refractivity contribution in [2.45, 2.75) is 26.3 Å². The molecule has 1 saturated heterocycles. The lowest BCUT2D eigenvalue weighted by Gasteiger charge is -2.30. The van der Waals surface area contributed by atoms with E-state index in [-0.39, 0.29) is 17.7 Å². The van der Waals surface area contributed by atoms with E-state index < -0.39 is 0 Å². The minimum atomic E-state index is -0.141. The van der Waals surface area contributed by atoms with Gasteiger partial charge in [-0.15, -0.1) is 11.3 Å². The van der Waals surface area contributed by atoms with Crippen LogP contribution >= 0.6 is 11.3 Å². The number of likely N-dealkylation sites (tertiary alicyclic amines) is 1. The molecule has 1 N–H and O–H groups in total. The van der Waals surface area contributed by atoms with E-state index in [9.17, 15) is 9.59 Å². The molecule has 1 fully saturated rings. The fourth-order valence-electron chi connectivity index (χ4n) is 2.66. The van der Waals surface area contributed by atoms with Gasteiger partial charge in [-0.2, -0.15) is 0 Å². The molecule has 8 heteroatoms. The molecular weight excluding hydrogens is 326 g/mol. The van der Waals surface area contributed by atoms with Crippen LogP contribution in [-0.2, 0) is 16.1 Å². The number of piperidine rings is 1. The Morgan fingerprint density at radius 3 is 2.96 bits per heavy atom. The molecule has 0 aromatic carbocycles. The van der Waals surface area contributed by atoms with Gasteiger partial charge in [-0.05, 0) is 19.4 Å². The van der Waals surface area contributed by atoms with E-state index in [4.69, 9.17) is 0 Å². The van der Waals surface area contributed by atoms with Gasteiger partial charge in [0.2, 0.25) is 11.8 Å². The molecular formula is C16H19N5O2S. The number of hydrogen-bond donors (Lipinski definition) is 1. The van der Waals surface area contributed by atoms with E-state index >= 15 is 0 Å². The Hall–Kier alpha value is -2.35. The molecule has 24 heavy (non-hydrogen) atoms. The van der Waals surface area contributed by atoms with Gasteiger partial charge in [0, 0.05) is 37.3 Å². The van der Waals surface area contributed by atoms with Crippen LogP contribution in [0.4, 0.5) is 0 Å². The molecule has 126 valence electrons. The van der Waals surface area contributed by atoms with Gasteiger partial charge in [0.1, 0.15) is 0 Å². The van der Waals surface area contributed by atoms with Crippen LogP contribution in [0.1, 0.15) is 25.5 Å². The zero-order valence-corrected chi connectivity index (χ0v) is 14.3. The molecule has 1 aliphatic heterocycles. The van der Waals surface area contributed by atoms with Gasteiger partial charge in [-0.1, -0.05) is 0 Å². The summed E-state index contributed by atoms with van der Waals surface area (Å²) in [5.74, 6) is 0.558. The van der Waals surface area contributed by atoms with Crippen LogP contribution in [0.2, 0.25) is 0 Å². The normalized spacial score (nSPS) is 17.8. The second kappa shape index (κ2) is 7.48. The molecule has 0 bridgehead atoms. The summed E-state index contributed by atoms with van der Waals surface area (Å²) >= 11 is 1.45. The first-order valence-electron chi connectivity index (χ1n) is 7.94. The Bertz CT molecular complexity index is 718. The third-order valence-electron chi connectivity index (χ3n) is 4.01. The first-order chi connectivity index (χ1) is 11.7. The van der Waals surface area contributed by atoms with Crippen LogP contribution in [0.3, 0.4) is 0 Å². The van der Waals surface area contributed by atoms with E-state index in [0.29, 0.717) is 38.3 Å². The summed E-state index contributed by atoms with van der Waals surface area (Å²) in [4.78, 5) is 38.5. The molecule has 0 unspecified atom stereocenters. The number of nitrogens with one attached hydrogen (secondary N) is 1. The Balaban J connectivity index is 1.55. The molecule has 0 saturated carbocycles. The number of aromatic nitrogens is 3. The largest absolute Gasteiger partial charge is 0.350 e. The Morgan fingerprint density at radius 1 is 1.42 bits per heavy atom. The minimum Gasteiger partial charge on any atom is -0.350 e. The molecule has 0 radical (unpaired) electrons. The predicted octanol–water partition coefficient (Wildman–Crippen LogP) is 1.47. The van der Waals surface area contributed by atoms with E-state index in [1.54, 1.807) is 23.4 Å². The smallest absolute Gasteiger partial charge is 0.225 e. The Morgan fingerprint density at radius 2 is 2.21 bits per heavy atom. The molecule has 3 rings (SSSR count). The van der Waals surface area contributed by atoms with Crippen molar-refractivity contribution in [3.63, 3.8) is 0 Å². The highest BCUT2D eigenvalue weighted by Gasteiger charge is 2.29. The predicted molar refractivity (Wildman–Crippen MR) is 90.0 cm³/mol. The van der Waals surface area contributed by atoms with Crippen LogP contribution in [0, 0.1) is 5.92 Å². The van der Waals surface area contributed by atoms with Crippen molar-refractivity contribution in [1.82, 2.24) is 25.2 Å². The first kappa shape index (κ1) is 16.5. The van der Waals surface area contributed by atoms with Crippen LogP contribution in [0.15, 0.2) is 23.8 Å². The van der Waals surface area contributed by atoms with Crippen LogP contribution in [-0.4, -0.2) is 44.8 Å². The third-order valence-corrected chi connectivity index (χ3v) is 4.89. The van der Waals surface area contributed by atoms with Crippen molar-refractivity contribution >= 4 is 23.2 Å². The van der Waals surface area contributed by atoms with Gasteiger partial charge < -0.3 is 10.2 Å². The number of carbonyl (C=O) groups is 2. The maximum Gasteiger partial charge on any atom is 0.225 e. The monoisotopic (exact) mass is 345 g/mol. The van der Waals surface area contributed by atoms with Crippen molar-refractivity contribution in [1.29, 1.82) is 0 Å². The van der Waals surface area contributed by atoms with Crippen molar-refractivity contribution in [3.8, 4) is 10.8 Å². The summed E-state index contributed by atoms with van der Waals surface area (Å²) in [5, 5.41) is 5.55. The van der Waals surface area contributed by atoms with Crippen LogP contribution < -0.4 is 5.32 Å². The van der Waals surface area contributed by atoms with Crippen molar-refractivity contribution in [2.75, 3.05) is 13.1 Å². The molecule has 2 amide bonds. The van der Waals surface area contributed by atoms with Crippen molar-refractivity contribution in [3.05, 3.63) is 29.5 Å². The van der Waals surface area contributed by atoms with E-state index in [1.807, 2.05) is 12.3 Å². The van der Waals surface area contributed by atoms with Crippen LogP contribution in [0.25, 0.3) is 10.8 Å². The molecule has 2 aromatic heterocycles. The molecule has 0 spiro atoms. The molecule has 7 nitrogen and oxygen atoms in total. The quantitative estimate of drug-likeness (QED) is 0.887. The zero-order chi connectivity index (χ0) is 16.9.